The van der Waals surface area contributed by atoms with E-state index < -0.39 is 0 Å². The minimum Gasteiger partial charge on any atom is -0.364 e. The first-order valence-electron chi connectivity index (χ1n) is 5.00. The lowest BCUT2D eigenvalue weighted by Gasteiger charge is -2.25. The summed E-state index contributed by atoms with van der Waals surface area (Å²) in [6, 6.07) is 3.66. The minimum absolute atomic E-state index is 0.101. The van der Waals surface area contributed by atoms with Crippen molar-refractivity contribution in [3.8, 4) is 0 Å². The van der Waals surface area contributed by atoms with Gasteiger partial charge in [0.25, 0.3) is 0 Å². The molecule has 0 aliphatic heterocycles. The number of alkyl halides is 1. The lowest BCUT2D eigenvalue weighted by atomic mass is 10.0. The summed E-state index contributed by atoms with van der Waals surface area (Å²) in [6.07, 6.45) is 0.851. The molecule has 86 valence electrons. The van der Waals surface area contributed by atoms with Crippen LogP contribution >= 0.6 is 11.6 Å². The van der Waals surface area contributed by atoms with Crippen molar-refractivity contribution >= 4 is 23.1 Å². The van der Waals surface area contributed by atoms with Crippen LogP contribution in [0.4, 0.5) is 5.82 Å². The van der Waals surface area contributed by atoms with Crippen molar-refractivity contribution in [1.82, 2.24) is 25.3 Å². The summed E-state index contributed by atoms with van der Waals surface area (Å²) in [4.78, 5) is 0. The summed E-state index contributed by atoms with van der Waals surface area (Å²) in [5, 5.41) is 18.6. The molecule has 0 saturated heterocycles. The number of nitrogens with zero attached hydrogens (tertiary/aromatic N) is 5. The number of nitrogens with one attached hydrogen (secondary N) is 1. The Hall–Kier alpha value is -1.43. The summed E-state index contributed by atoms with van der Waals surface area (Å²) in [5.74, 6) is 1.34. The Bertz CT molecular complexity index is 480. The summed E-state index contributed by atoms with van der Waals surface area (Å²) in [6.45, 7) is 4.14. The number of rotatable bonds is 4. The van der Waals surface area contributed by atoms with E-state index in [1.54, 1.807) is 0 Å². The van der Waals surface area contributed by atoms with Gasteiger partial charge in [-0.2, -0.15) is 0 Å². The summed E-state index contributed by atoms with van der Waals surface area (Å²) in [5.41, 5.74) is 0.525. The van der Waals surface area contributed by atoms with Gasteiger partial charge in [0.05, 0.1) is 0 Å². The van der Waals surface area contributed by atoms with Gasteiger partial charge in [0.2, 0.25) is 0 Å². The van der Waals surface area contributed by atoms with Gasteiger partial charge < -0.3 is 5.32 Å². The first kappa shape index (κ1) is 11.1. The van der Waals surface area contributed by atoms with E-state index in [-0.39, 0.29) is 5.54 Å². The molecule has 0 amide bonds. The SMILES string of the molecule is CC(C)(CCCl)Nc1ccc2nnnn2n1. The Labute approximate surface area is 98.0 Å². The Morgan fingerprint density at radius 2 is 2.25 bits per heavy atom. The molecule has 16 heavy (non-hydrogen) atoms. The van der Waals surface area contributed by atoms with E-state index in [0.717, 1.165) is 12.2 Å². The van der Waals surface area contributed by atoms with Crippen LogP contribution in [0.5, 0.6) is 0 Å². The van der Waals surface area contributed by atoms with Gasteiger partial charge in [0.15, 0.2) is 5.65 Å². The monoisotopic (exact) mass is 240 g/mol. The van der Waals surface area contributed by atoms with E-state index >= 15 is 0 Å². The fraction of sp³-hybridized carbons (Fsp3) is 0.556. The average Bonchev–Trinajstić information content (AvgIpc) is 2.63. The van der Waals surface area contributed by atoms with Crippen molar-refractivity contribution in [2.75, 3.05) is 11.2 Å². The molecule has 0 aliphatic rings. The highest BCUT2D eigenvalue weighted by molar-refractivity contribution is 6.17. The smallest absolute Gasteiger partial charge is 0.200 e. The molecular formula is C9H13ClN6. The van der Waals surface area contributed by atoms with Gasteiger partial charge in [0, 0.05) is 11.4 Å². The summed E-state index contributed by atoms with van der Waals surface area (Å²) < 4.78 is 1.39. The van der Waals surface area contributed by atoms with Gasteiger partial charge in [0.1, 0.15) is 5.82 Å². The zero-order valence-electron chi connectivity index (χ0n) is 9.18. The van der Waals surface area contributed by atoms with Crippen molar-refractivity contribution < 1.29 is 0 Å². The van der Waals surface area contributed by atoms with E-state index in [2.05, 4.69) is 39.8 Å². The van der Waals surface area contributed by atoms with Crippen LogP contribution in [-0.4, -0.2) is 36.7 Å². The Balaban J connectivity index is 2.20. The number of tetrazole rings is 1. The molecule has 0 radical (unpaired) electrons. The molecule has 0 spiro atoms. The molecule has 2 heterocycles. The first-order chi connectivity index (χ1) is 7.61. The number of halogens is 1. The normalized spacial score (nSPS) is 11.9. The van der Waals surface area contributed by atoms with Crippen molar-refractivity contribution in [3.63, 3.8) is 0 Å². The topological polar surface area (TPSA) is 68.0 Å². The third kappa shape index (κ3) is 2.38. The fourth-order valence-corrected chi connectivity index (χ4v) is 1.83. The van der Waals surface area contributed by atoms with Crippen LogP contribution in [0.3, 0.4) is 0 Å². The van der Waals surface area contributed by atoms with Crippen LogP contribution in [0.15, 0.2) is 12.1 Å². The van der Waals surface area contributed by atoms with Gasteiger partial charge in [-0.15, -0.1) is 26.4 Å². The third-order valence-electron chi connectivity index (χ3n) is 2.26. The highest BCUT2D eigenvalue weighted by Crippen LogP contribution is 2.16. The largest absolute Gasteiger partial charge is 0.364 e. The highest BCUT2D eigenvalue weighted by Gasteiger charge is 2.17. The number of aromatic nitrogens is 5. The third-order valence-corrected chi connectivity index (χ3v) is 2.44. The summed E-state index contributed by atoms with van der Waals surface area (Å²) >= 11 is 5.73. The summed E-state index contributed by atoms with van der Waals surface area (Å²) in [7, 11) is 0. The molecule has 0 fully saturated rings. The van der Waals surface area contributed by atoms with Gasteiger partial charge in [-0.1, -0.05) is 0 Å². The van der Waals surface area contributed by atoms with Crippen LogP contribution in [0.25, 0.3) is 5.65 Å². The molecule has 6 nitrogen and oxygen atoms in total. The average molecular weight is 241 g/mol. The molecule has 0 aliphatic carbocycles. The van der Waals surface area contributed by atoms with Gasteiger partial charge in [-0.3, -0.25) is 0 Å². The van der Waals surface area contributed by atoms with Crippen molar-refractivity contribution in [3.05, 3.63) is 12.1 Å². The standard InChI is InChI=1S/C9H13ClN6/c1-9(2,5-6-10)11-7-3-4-8-12-14-15-16(8)13-7/h3-4H,5-6H2,1-2H3,(H,11,13). The van der Waals surface area contributed by atoms with Crippen LogP contribution in [0.1, 0.15) is 20.3 Å². The molecule has 2 aromatic heterocycles. The van der Waals surface area contributed by atoms with Crippen molar-refractivity contribution in [1.29, 1.82) is 0 Å². The Kier molecular flexibility index (Phi) is 2.91. The van der Waals surface area contributed by atoms with E-state index in [1.165, 1.54) is 4.63 Å². The van der Waals surface area contributed by atoms with E-state index in [4.69, 9.17) is 11.6 Å². The predicted molar refractivity (Wildman–Crippen MR) is 61.6 cm³/mol. The van der Waals surface area contributed by atoms with Crippen LogP contribution < -0.4 is 5.32 Å². The minimum atomic E-state index is -0.101. The number of fused-ring (bicyclic) bond motifs is 1. The Morgan fingerprint density at radius 1 is 1.44 bits per heavy atom. The van der Waals surface area contributed by atoms with E-state index in [0.29, 0.717) is 11.5 Å². The maximum atomic E-state index is 5.73. The van der Waals surface area contributed by atoms with Gasteiger partial charge in [-0.05, 0) is 42.8 Å². The van der Waals surface area contributed by atoms with Gasteiger partial charge in [-0.25, -0.2) is 0 Å². The molecule has 0 saturated carbocycles. The molecule has 0 unspecified atom stereocenters. The molecule has 2 rings (SSSR count). The second-order valence-electron chi connectivity index (χ2n) is 4.19. The lowest BCUT2D eigenvalue weighted by molar-refractivity contribution is 0.545. The molecule has 0 atom stereocenters. The quantitative estimate of drug-likeness (QED) is 0.817. The number of hydrogen-bond donors (Lipinski definition) is 1. The molecule has 7 heteroatoms. The molecule has 0 aromatic carbocycles. The zero-order chi connectivity index (χ0) is 11.6. The predicted octanol–water partition coefficient (Wildman–Crippen LogP) is 1.34. The van der Waals surface area contributed by atoms with Crippen LogP contribution in [-0.2, 0) is 0 Å². The first-order valence-corrected chi connectivity index (χ1v) is 5.54. The zero-order valence-corrected chi connectivity index (χ0v) is 9.94. The second-order valence-corrected chi connectivity index (χ2v) is 4.57. The van der Waals surface area contributed by atoms with Crippen molar-refractivity contribution in [2.45, 2.75) is 25.8 Å². The van der Waals surface area contributed by atoms with Crippen LogP contribution in [0, 0.1) is 0 Å². The molecule has 1 N–H and O–H groups in total. The maximum Gasteiger partial charge on any atom is 0.200 e. The molecule has 2 aromatic rings. The highest BCUT2D eigenvalue weighted by atomic mass is 35.5. The molecular weight excluding hydrogens is 228 g/mol. The number of hydrogen-bond acceptors (Lipinski definition) is 5. The maximum absolute atomic E-state index is 5.73. The second kappa shape index (κ2) is 4.21. The van der Waals surface area contributed by atoms with Crippen LogP contribution in [0.2, 0.25) is 0 Å². The van der Waals surface area contributed by atoms with Gasteiger partial charge >= 0.3 is 0 Å². The van der Waals surface area contributed by atoms with E-state index in [1.807, 2.05) is 12.1 Å². The Morgan fingerprint density at radius 3 is 3.00 bits per heavy atom. The van der Waals surface area contributed by atoms with Crippen molar-refractivity contribution in [2.24, 2.45) is 0 Å². The molecule has 0 bridgehead atoms. The number of anilines is 1. The fourth-order valence-electron chi connectivity index (χ4n) is 1.36. The lowest BCUT2D eigenvalue weighted by Crippen LogP contribution is -2.32. The van der Waals surface area contributed by atoms with E-state index in [9.17, 15) is 0 Å².